The third-order valence-electron chi connectivity index (χ3n) is 3.00. The summed E-state index contributed by atoms with van der Waals surface area (Å²) in [5, 5.41) is 3.54. The first-order chi connectivity index (χ1) is 8.58. The number of ether oxygens (including phenoxy) is 1. The van der Waals surface area contributed by atoms with Crippen LogP contribution in [0, 0.1) is 5.92 Å². The van der Waals surface area contributed by atoms with Gasteiger partial charge in [0.2, 0.25) is 5.91 Å². The normalized spacial score (nSPS) is 18.7. The number of hydrogen-bond acceptors (Lipinski definition) is 3. The molecule has 1 N–H and O–H groups in total. The first-order valence-corrected chi connectivity index (χ1v) is 6.31. The predicted octanol–water partition coefficient (Wildman–Crippen LogP) is 2.38. The monoisotopic (exact) mass is 268 g/mol. The van der Waals surface area contributed by atoms with Gasteiger partial charge in [-0.3, -0.25) is 4.79 Å². The highest BCUT2D eigenvalue weighted by molar-refractivity contribution is 6.31. The van der Waals surface area contributed by atoms with Crippen molar-refractivity contribution in [2.45, 2.75) is 6.42 Å². The van der Waals surface area contributed by atoms with Gasteiger partial charge in [0, 0.05) is 25.7 Å². The molecule has 0 aliphatic carbocycles. The summed E-state index contributed by atoms with van der Waals surface area (Å²) in [6.45, 7) is 1.16. The van der Waals surface area contributed by atoms with Crippen LogP contribution in [0.4, 0.5) is 11.4 Å². The number of anilines is 2. The Labute approximate surface area is 112 Å². The molecule has 1 amide bonds. The van der Waals surface area contributed by atoms with Crippen LogP contribution in [-0.4, -0.2) is 33.2 Å². The smallest absolute Gasteiger partial charge is 0.229 e. The van der Waals surface area contributed by atoms with E-state index < -0.39 is 0 Å². The number of carbonyl (C=O) groups is 1. The summed E-state index contributed by atoms with van der Waals surface area (Å²) in [5.74, 6) is -0.0585. The fraction of sp³-hybridized carbons (Fsp3) is 0.462. The van der Waals surface area contributed by atoms with Crippen molar-refractivity contribution in [3.63, 3.8) is 0 Å². The van der Waals surface area contributed by atoms with E-state index in [1.54, 1.807) is 6.07 Å². The Bertz CT molecular complexity index is 443. The van der Waals surface area contributed by atoms with Crippen molar-refractivity contribution < 1.29 is 9.53 Å². The maximum Gasteiger partial charge on any atom is 0.229 e. The van der Waals surface area contributed by atoms with Gasteiger partial charge in [0.1, 0.15) is 0 Å². The molecular formula is C13H17ClN2O2. The van der Waals surface area contributed by atoms with Crippen molar-refractivity contribution in [1.82, 2.24) is 0 Å². The van der Waals surface area contributed by atoms with E-state index >= 15 is 0 Å². The quantitative estimate of drug-likeness (QED) is 0.915. The highest BCUT2D eigenvalue weighted by atomic mass is 35.5. The van der Waals surface area contributed by atoms with Gasteiger partial charge in [-0.05, 0) is 24.6 Å². The summed E-state index contributed by atoms with van der Waals surface area (Å²) in [6.07, 6.45) is 0.781. The largest absolute Gasteiger partial charge is 0.381 e. The van der Waals surface area contributed by atoms with Gasteiger partial charge in [0.05, 0.1) is 23.9 Å². The lowest BCUT2D eigenvalue weighted by molar-refractivity contribution is -0.119. The average molecular weight is 269 g/mol. The molecule has 0 aromatic heterocycles. The van der Waals surface area contributed by atoms with Crippen LogP contribution in [0.5, 0.6) is 0 Å². The average Bonchev–Trinajstić information content (AvgIpc) is 2.81. The van der Waals surface area contributed by atoms with Crippen molar-refractivity contribution in [3.05, 3.63) is 23.2 Å². The van der Waals surface area contributed by atoms with E-state index in [4.69, 9.17) is 16.3 Å². The van der Waals surface area contributed by atoms with Gasteiger partial charge in [-0.25, -0.2) is 0 Å². The summed E-state index contributed by atoms with van der Waals surface area (Å²) in [5.41, 5.74) is 1.68. The zero-order chi connectivity index (χ0) is 13.1. The van der Waals surface area contributed by atoms with E-state index in [1.165, 1.54) is 0 Å². The molecule has 0 radical (unpaired) electrons. The molecule has 1 saturated heterocycles. The van der Waals surface area contributed by atoms with E-state index in [-0.39, 0.29) is 11.8 Å². The molecule has 1 atom stereocenters. The molecular weight excluding hydrogens is 252 g/mol. The summed E-state index contributed by atoms with van der Waals surface area (Å²) in [7, 11) is 3.86. The second-order valence-electron chi connectivity index (χ2n) is 4.61. The molecule has 1 aliphatic rings. The van der Waals surface area contributed by atoms with E-state index in [1.807, 2.05) is 31.1 Å². The highest BCUT2D eigenvalue weighted by Gasteiger charge is 2.24. The SMILES string of the molecule is CN(C)c1ccc(Cl)cc1NC(=O)C1CCOC1. The summed E-state index contributed by atoms with van der Waals surface area (Å²) in [6, 6.07) is 5.47. The fourth-order valence-corrected chi connectivity index (χ4v) is 2.15. The number of hydrogen-bond donors (Lipinski definition) is 1. The van der Waals surface area contributed by atoms with E-state index in [2.05, 4.69) is 5.32 Å². The van der Waals surface area contributed by atoms with E-state index in [0.29, 0.717) is 18.2 Å². The molecule has 1 fully saturated rings. The molecule has 0 bridgehead atoms. The maximum absolute atomic E-state index is 12.0. The summed E-state index contributed by atoms with van der Waals surface area (Å²) in [4.78, 5) is 14.0. The molecule has 2 rings (SSSR count). The Balaban J connectivity index is 2.16. The molecule has 1 aromatic carbocycles. The highest BCUT2D eigenvalue weighted by Crippen LogP contribution is 2.28. The summed E-state index contributed by atoms with van der Waals surface area (Å²) >= 11 is 5.97. The Morgan fingerprint density at radius 3 is 2.89 bits per heavy atom. The second kappa shape index (κ2) is 5.59. The first kappa shape index (κ1) is 13.2. The Kier molecular flexibility index (Phi) is 4.09. The van der Waals surface area contributed by atoms with Crippen LogP contribution in [0.15, 0.2) is 18.2 Å². The number of halogens is 1. The Morgan fingerprint density at radius 2 is 2.28 bits per heavy atom. The molecule has 18 heavy (non-hydrogen) atoms. The standard InChI is InChI=1S/C13H17ClN2O2/c1-16(2)12-4-3-10(14)7-11(12)15-13(17)9-5-6-18-8-9/h3-4,7,9H,5-6,8H2,1-2H3,(H,15,17). The van der Waals surface area contributed by atoms with Crippen LogP contribution in [0.25, 0.3) is 0 Å². The maximum atomic E-state index is 12.0. The minimum Gasteiger partial charge on any atom is -0.381 e. The van der Waals surface area contributed by atoms with Gasteiger partial charge in [0.15, 0.2) is 0 Å². The molecule has 0 spiro atoms. The zero-order valence-electron chi connectivity index (χ0n) is 10.6. The lowest BCUT2D eigenvalue weighted by Crippen LogP contribution is -2.24. The lowest BCUT2D eigenvalue weighted by atomic mass is 10.1. The number of rotatable bonds is 3. The molecule has 0 saturated carbocycles. The van der Waals surface area contributed by atoms with Crippen molar-refractivity contribution in [2.24, 2.45) is 5.92 Å². The number of amides is 1. The molecule has 1 unspecified atom stereocenters. The zero-order valence-corrected chi connectivity index (χ0v) is 11.3. The second-order valence-corrected chi connectivity index (χ2v) is 5.04. The van der Waals surface area contributed by atoms with E-state index in [9.17, 15) is 4.79 Å². The molecule has 98 valence electrons. The third-order valence-corrected chi connectivity index (χ3v) is 3.23. The number of carbonyl (C=O) groups excluding carboxylic acids is 1. The van der Waals surface area contributed by atoms with Gasteiger partial charge in [-0.2, -0.15) is 0 Å². The van der Waals surface area contributed by atoms with Crippen LogP contribution < -0.4 is 10.2 Å². The Hall–Kier alpha value is -1.26. The van der Waals surface area contributed by atoms with Crippen molar-refractivity contribution >= 4 is 28.9 Å². The number of nitrogens with one attached hydrogen (secondary N) is 1. The van der Waals surface area contributed by atoms with Gasteiger partial charge < -0.3 is 15.0 Å². The van der Waals surface area contributed by atoms with Gasteiger partial charge in [0.25, 0.3) is 0 Å². The van der Waals surface area contributed by atoms with Gasteiger partial charge in [-0.1, -0.05) is 11.6 Å². The van der Waals surface area contributed by atoms with Crippen molar-refractivity contribution in [1.29, 1.82) is 0 Å². The van der Waals surface area contributed by atoms with Crippen LogP contribution >= 0.6 is 11.6 Å². The van der Waals surface area contributed by atoms with Crippen LogP contribution in [0.1, 0.15) is 6.42 Å². The minimum atomic E-state index is -0.0565. The van der Waals surface area contributed by atoms with Crippen LogP contribution in [-0.2, 0) is 9.53 Å². The molecule has 1 aliphatic heterocycles. The molecule has 1 heterocycles. The number of nitrogens with zero attached hydrogens (tertiary/aromatic N) is 1. The molecule has 5 heteroatoms. The van der Waals surface area contributed by atoms with Gasteiger partial charge in [-0.15, -0.1) is 0 Å². The fourth-order valence-electron chi connectivity index (χ4n) is 1.97. The lowest BCUT2D eigenvalue weighted by Gasteiger charge is -2.19. The third kappa shape index (κ3) is 2.94. The van der Waals surface area contributed by atoms with Crippen molar-refractivity contribution in [3.8, 4) is 0 Å². The minimum absolute atomic E-state index is 0.00198. The van der Waals surface area contributed by atoms with Crippen molar-refractivity contribution in [2.75, 3.05) is 37.5 Å². The van der Waals surface area contributed by atoms with Crippen LogP contribution in [0.2, 0.25) is 5.02 Å². The molecule has 4 nitrogen and oxygen atoms in total. The molecule has 1 aromatic rings. The van der Waals surface area contributed by atoms with E-state index in [0.717, 1.165) is 17.8 Å². The first-order valence-electron chi connectivity index (χ1n) is 5.93. The Morgan fingerprint density at radius 1 is 1.50 bits per heavy atom. The van der Waals surface area contributed by atoms with Gasteiger partial charge >= 0.3 is 0 Å². The number of benzene rings is 1. The summed E-state index contributed by atoms with van der Waals surface area (Å²) < 4.78 is 5.22. The predicted molar refractivity (Wildman–Crippen MR) is 73.3 cm³/mol. The topological polar surface area (TPSA) is 41.6 Å². The van der Waals surface area contributed by atoms with Crippen LogP contribution in [0.3, 0.4) is 0 Å².